The molecule has 1 aromatic heterocycles. The first-order valence-corrected chi connectivity index (χ1v) is 12.2. The van der Waals surface area contributed by atoms with Crippen molar-refractivity contribution in [1.29, 1.82) is 0 Å². The summed E-state index contributed by atoms with van der Waals surface area (Å²) in [5.74, 6) is -3.34. The highest BCUT2D eigenvalue weighted by Gasteiger charge is 2.41. The molecule has 1 aliphatic rings. The molecule has 1 aromatic carbocycles. The number of carbonyl (C=O) groups is 3. The summed E-state index contributed by atoms with van der Waals surface area (Å²) in [5.41, 5.74) is -1.53. The van der Waals surface area contributed by atoms with Gasteiger partial charge in [-0.1, -0.05) is 25.1 Å². The van der Waals surface area contributed by atoms with Crippen LogP contribution in [0.2, 0.25) is 0 Å². The van der Waals surface area contributed by atoms with Gasteiger partial charge in [-0.15, -0.1) is 0 Å². The van der Waals surface area contributed by atoms with Gasteiger partial charge in [0.25, 0.3) is 0 Å². The smallest absolute Gasteiger partial charge is 0.336 e. The second-order valence-corrected chi connectivity index (χ2v) is 9.24. The number of aryl methyl sites for hydroxylation is 1. The Labute approximate surface area is 220 Å². The molecule has 0 atom stereocenters. The minimum atomic E-state index is -2.74. The van der Waals surface area contributed by atoms with Gasteiger partial charge in [-0.25, -0.2) is 14.8 Å². The normalized spacial score (nSPS) is 15.2. The van der Waals surface area contributed by atoms with Gasteiger partial charge < -0.3 is 30.3 Å². The first kappa shape index (κ1) is 30.6. The topological polar surface area (TPSA) is 191 Å². The number of benzene rings is 1. The Kier molecular flexibility index (Phi) is 11.1. The quantitative estimate of drug-likeness (QED) is 0.281. The second kappa shape index (κ2) is 13.8. The Bertz CT molecular complexity index is 1070. The molecule has 5 N–H and O–H groups in total. The highest BCUT2D eigenvalue weighted by Crippen LogP contribution is 2.38. The van der Waals surface area contributed by atoms with Gasteiger partial charge in [0.15, 0.2) is 5.60 Å². The van der Waals surface area contributed by atoms with Crippen LogP contribution in [0.5, 0.6) is 5.75 Å². The molecule has 208 valence electrons. The van der Waals surface area contributed by atoms with Crippen molar-refractivity contribution in [2.24, 2.45) is 0 Å². The van der Waals surface area contributed by atoms with E-state index < -0.39 is 42.0 Å². The van der Waals surface area contributed by atoms with E-state index in [0.717, 1.165) is 55.2 Å². The number of piperidine rings is 1. The molecule has 0 bridgehead atoms. The number of rotatable bonds is 11. The number of carboxylic acid groups (broad SMARTS) is 3. The molecule has 3 rings (SSSR count). The third-order valence-electron chi connectivity index (χ3n) is 6.22. The number of aliphatic hydroxyl groups is 2. The summed E-state index contributed by atoms with van der Waals surface area (Å²) in [5, 5.41) is 44.9. The lowest BCUT2D eigenvalue weighted by molar-refractivity contribution is -0.170. The Balaban J connectivity index is 0.000000332. The zero-order valence-electron chi connectivity index (χ0n) is 21.5. The first-order valence-electron chi connectivity index (χ1n) is 12.2. The van der Waals surface area contributed by atoms with Crippen LogP contribution >= 0.6 is 0 Å². The maximum atomic E-state index is 11.1. The van der Waals surface area contributed by atoms with Crippen LogP contribution < -0.4 is 4.74 Å². The van der Waals surface area contributed by atoms with Crippen molar-refractivity contribution in [2.75, 3.05) is 20.2 Å². The molecule has 0 amide bonds. The van der Waals surface area contributed by atoms with E-state index in [-0.39, 0.29) is 0 Å². The second-order valence-electron chi connectivity index (χ2n) is 9.24. The predicted octanol–water partition coefficient (Wildman–Crippen LogP) is 1.67. The molecule has 0 spiro atoms. The number of methoxy groups -OCH3 is 1. The molecular weight excluding hydrogens is 498 g/mol. The summed E-state index contributed by atoms with van der Waals surface area (Å²) in [4.78, 5) is 41.7. The Morgan fingerprint density at radius 2 is 1.58 bits per heavy atom. The van der Waals surface area contributed by atoms with E-state index in [1.54, 1.807) is 7.11 Å². The molecule has 0 saturated carbocycles. The lowest BCUT2D eigenvalue weighted by Gasteiger charge is -2.39. The summed E-state index contributed by atoms with van der Waals surface area (Å²) in [7, 11) is 1.65. The van der Waals surface area contributed by atoms with E-state index in [4.69, 9.17) is 25.2 Å². The number of carboxylic acids is 3. The van der Waals surface area contributed by atoms with Crippen molar-refractivity contribution < 1.29 is 44.7 Å². The van der Waals surface area contributed by atoms with E-state index in [2.05, 4.69) is 21.8 Å². The third kappa shape index (κ3) is 8.75. The predicted molar refractivity (Wildman–Crippen MR) is 135 cm³/mol. The van der Waals surface area contributed by atoms with Crippen LogP contribution in [0.4, 0.5) is 0 Å². The summed E-state index contributed by atoms with van der Waals surface area (Å²) in [6, 6.07) is 7.77. The van der Waals surface area contributed by atoms with Crippen molar-refractivity contribution in [1.82, 2.24) is 14.9 Å². The fraction of sp³-hybridized carbons (Fsp3) is 0.500. The third-order valence-corrected chi connectivity index (χ3v) is 6.22. The Morgan fingerprint density at radius 3 is 2.05 bits per heavy atom. The van der Waals surface area contributed by atoms with Crippen molar-refractivity contribution in [3.8, 4) is 5.75 Å². The molecule has 12 heteroatoms. The van der Waals surface area contributed by atoms with Crippen LogP contribution in [0, 0.1) is 0 Å². The molecule has 1 aliphatic heterocycles. The molecular formula is C26H35N3O9. The molecule has 0 radical (unpaired) electrons. The summed E-state index contributed by atoms with van der Waals surface area (Å²) in [6.07, 6.45) is 4.95. The largest absolute Gasteiger partial charge is 0.496 e. The molecule has 1 saturated heterocycles. The fourth-order valence-electron chi connectivity index (χ4n) is 4.17. The number of ether oxygens (including phenoxy) is 1. The Hall–Kier alpha value is -3.61. The van der Waals surface area contributed by atoms with Crippen LogP contribution in [0.1, 0.15) is 56.0 Å². The van der Waals surface area contributed by atoms with Crippen LogP contribution in [-0.4, -0.2) is 84.1 Å². The minimum absolute atomic E-state index is 0.697. The molecule has 0 aliphatic carbocycles. The first-order chi connectivity index (χ1) is 17.9. The van der Waals surface area contributed by atoms with Gasteiger partial charge in [0.2, 0.25) is 0 Å². The van der Waals surface area contributed by atoms with E-state index in [1.165, 1.54) is 0 Å². The van der Waals surface area contributed by atoms with Gasteiger partial charge in [-0.3, -0.25) is 14.5 Å². The number of hydrogen-bond acceptors (Lipinski definition) is 9. The lowest BCUT2D eigenvalue weighted by atomic mass is 9.84. The van der Waals surface area contributed by atoms with E-state index in [9.17, 15) is 19.5 Å². The summed E-state index contributed by atoms with van der Waals surface area (Å²) >= 11 is 0. The lowest BCUT2D eigenvalue weighted by Crippen LogP contribution is -2.42. The minimum Gasteiger partial charge on any atom is -0.496 e. The maximum absolute atomic E-state index is 11.1. The molecule has 12 nitrogen and oxygen atoms in total. The number of likely N-dealkylation sites (tertiary alicyclic amines) is 1. The zero-order valence-corrected chi connectivity index (χ0v) is 21.5. The van der Waals surface area contributed by atoms with Crippen molar-refractivity contribution in [2.45, 2.75) is 63.2 Å². The van der Waals surface area contributed by atoms with Gasteiger partial charge in [0.05, 0.1) is 25.6 Å². The van der Waals surface area contributed by atoms with Gasteiger partial charge in [-0.2, -0.15) is 0 Å². The highest BCUT2D eigenvalue weighted by molar-refractivity contribution is 5.88. The molecule has 0 unspecified atom stereocenters. The average Bonchev–Trinajstić information content (AvgIpc) is 2.86. The van der Waals surface area contributed by atoms with Gasteiger partial charge in [0.1, 0.15) is 11.6 Å². The SMILES string of the molecule is CCCc1ncc(CN2CCC(O)(c3ccccc3OC)CC2)cn1.O=C(O)CC(O)(CC(=O)O)C(=O)O. The van der Waals surface area contributed by atoms with Crippen molar-refractivity contribution >= 4 is 17.9 Å². The number of nitrogens with zero attached hydrogens (tertiary/aromatic N) is 3. The van der Waals surface area contributed by atoms with Crippen LogP contribution in [0.15, 0.2) is 36.7 Å². The van der Waals surface area contributed by atoms with Gasteiger partial charge in [0, 0.05) is 49.6 Å². The van der Waals surface area contributed by atoms with E-state index in [1.807, 2.05) is 36.7 Å². The van der Waals surface area contributed by atoms with Gasteiger partial charge in [-0.05, 0) is 25.3 Å². The maximum Gasteiger partial charge on any atom is 0.336 e. The number of hydrogen-bond donors (Lipinski definition) is 5. The van der Waals surface area contributed by atoms with Crippen LogP contribution in [0.3, 0.4) is 0 Å². The fourth-order valence-corrected chi connectivity index (χ4v) is 4.17. The van der Waals surface area contributed by atoms with Crippen molar-refractivity contribution in [3.05, 3.63) is 53.6 Å². The summed E-state index contributed by atoms with van der Waals surface area (Å²) < 4.78 is 5.43. The Morgan fingerprint density at radius 1 is 1.03 bits per heavy atom. The molecule has 2 aromatic rings. The van der Waals surface area contributed by atoms with E-state index in [0.29, 0.717) is 12.8 Å². The van der Waals surface area contributed by atoms with Crippen LogP contribution in [-0.2, 0) is 33.0 Å². The number of para-hydroxylation sites is 1. The molecule has 38 heavy (non-hydrogen) atoms. The monoisotopic (exact) mass is 533 g/mol. The molecule has 2 heterocycles. The van der Waals surface area contributed by atoms with Crippen LogP contribution in [0.25, 0.3) is 0 Å². The number of aliphatic carboxylic acids is 3. The highest BCUT2D eigenvalue weighted by atomic mass is 16.5. The zero-order chi connectivity index (χ0) is 28.3. The van der Waals surface area contributed by atoms with Gasteiger partial charge >= 0.3 is 17.9 Å². The summed E-state index contributed by atoms with van der Waals surface area (Å²) in [6.45, 7) is 4.64. The molecule has 1 fully saturated rings. The average molecular weight is 534 g/mol. The van der Waals surface area contributed by atoms with Crippen molar-refractivity contribution in [3.63, 3.8) is 0 Å². The number of aromatic nitrogens is 2. The standard InChI is InChI=1S/C20H27N3O2.C6H8O7/c1-3-6-19-21-13-16(14-22-19)15-23-11-9-20(24,10-12-23)17-7-4-5-8-18(17)25-2;7-3(8)1-6(13,5(11)12)2-4(9)10/h4-5,7-8,13-14,24H,3,6,9-12,15H2,1-2H3;13H,1-2H2,(H,7,8)(H,9,10)(H,11,12). The van der Waals surface area contributed by atoms with E-state index >= 15 is 0 Å².